The fourth-order valence-corrected chi connectivity index (χ4v) is 8.94. The molecule has 0 amide bonds. The van der Waals surface area contributed by atoms with Gasteiger partial charge in [-0.25, -0.2) is 0 Å². The van der Waals surface area contributed by atoms with Crippen molar-refractivity contribution in [3.8, 4) is 33.4 Å². The lowest BCUT2D eigenvalue weighted by Crippen LogP contribution is -2.28. The van der Waals surface area contributed by atoms with Crippen LogP contribution in [0.4, 0.5) is 17.1 Å². The van der Waals surface area contributed by atoms with Crippen molar-refractivity contribution in [1.82, 2.24) is 0 Å². The van der Waals surface area contributed by atoms with E-state index in [1.807, 2.05) is 0 Å². The van der Waals surface area contributed by atoms with E-state index in [2.05, 4.69) is 229 Å². The molecule has 0 bridgehead atoms. The van der Waals surface area contributed by atoms with Crippen molar-refractivity contribution in [2.24, 2.45) is 0 Å². The molecule has 0 saturated heterocycles. The Morgan fingerprint density at radius 1 is 0.296 bits per heavy atom. The highest BCUT2D eigenvalue weighted by molar-refractivity contribution is 6.08. The first-order chi connectivity index (χ1) is 26.8. The Balaban J connectivity index is 1.26. The van der Waals surface area contributed by atoms with Crippen LogP contribution in [0.2, 0.25) is 0 Å². The molecular formula is C53H37N. The first-order valence-corrected chi connectivity index (χ1v) is 18.7. The third kappa shape index (κ3) is 4.94. The molecule has 1 heteroatoms. The van der Waals surface area contributed by atoms with Crippen LogP contribution < -0.4 is 4.90 Å². The first-order valence-electron chi connectivity index (χ1n) is 18.7. The van der Waals surface area contributed by atoms with Crippen molar-refractivity contribution in [2.45, 2.75) is 5.41 Å². The Morgan fingerprint density at radius 3 is 1.46 bits per heavy atom. The normalized spacial score (nSPS) is 12.6. The Kier molecular flexibility index (Phi) is 7.78. The standard InChI is InChI=1S/C53H37N/c1-5-20-38(21-6-1)42-36-37-45(44-29-14-13-28-43(42)44)46-30-16-18-34-50(46)54(41-26-11-4-12-27-41)51-35-19-33-49-52(51)47-31-15-17-32-48(47)53(49,39-22-7-2-8-23-39)40-24-9-3-10-25-40/h1-37H. The second-order valence-electron chi connectivity index (χ2n) is 14.0. The van der Waals surface area contributed by atoms with Crippen molar-refractivity contribution >= 4 is 27.8 Å². The summed E-state index contributed by atoms with van der Waals surface area (Å²) in [6, 6.07) is 81.9. The van der Waals surface area contributed by atoms with Gasteiger partial charge in [0.15, 0.2) is 0 Å². The summed E-state index contributed by atoms with van der Waals surface area (Å²) in [4.78, 5) is 2.48. The fraction of sp³-hybridized carbons (Fsp3) is 0.0189. The molecule has 0 aliphatic heterocycles. The van der Waals surface area contributed by atoms with Crippen LogP contribution in [0.15, 0.2) is 224 Å². The molecule has 0 aromatic heterocycles. The van der Waals surface area contributed by atoms with E-state index in [9.17, 15) is 0 Å². The van der Waals surface area contributed by atoms with Crippen molar-refractivity contribution in [2.75, 3.05) is 4.90 Å². The number of fused-ring (bicyclic) bond motifs is 4. The van der Waals surface area contributed by atoms with Gasteiger partial charge in [-0.3, -0.25) is 0 Å². The second-order valence-corrected chi connectivity index (χ2v) is 14.0. The second kappa shape index (κ2) is 13.2. The van der Waals surface area contributed by atoms with E-state index < -0.39 is 5.41 Å². The summed E-state index contributed by atoms with van der Waals surface area (Å²) in [6.45, 7) is 0. The van der Waals surface area contributed by atoms with E-state index >= 15 is 0 Å². The van der Waals surface area contributed by atoms with E-state index in [4.69, 9.17) is 0 Å². The van der Waals surface area contributed by atoms with Crippen LogP contribution in [0.5, 0.6) is 0 Å². The van der Waals surface area contributed by atoms with Crippen molar-refractivity contribution in [1.29, 1.82) is 0 Å². The predicted molar refractivity (Wildman–Crippen MR) is 227 cm³/mol. The van der Waals surface area contributed by atoms with Crippen LogP contribution in [0, 0.1) is 0 Å². The van der Waals surface area contributed by atoms with Gasteiger partial charge in [0.1, 0.15) is 0 Å². The summed E-state index contributed by atoms with van der Waals surface area (Å²) in [5.41, 5.74) is 15.4. The van der Waals surface area contributed by atoms with Crippen LogP contribution in [0.25, 0.3) is 44.2 Å². The number of hydrogen-bond acceptors (Lipinski definition) is 1. The van der Waals surface area contributed by atoms with Crippen LogP contribution in [0.1, 0.15) is 22.3 Å². The lowest BCUT2D eigenvalue weighted by Gasteiger charge is -2.34. The van der Waals surface area contributed by atoms with Gasteiger partial charge in [-0.1, -0.05) is 200 Å². The van der Waals surface area contributed by atoms with Crippen molar-refractivity contribution in [3.05, 3.63) is 247 Å². The lowest BCUT2D eigenvalue weighted by atomic mass is 9.68. The molecule has 1 aliphatic carbocycles. The zero-order valence-electron chi connectivity index (χ0n) is 29.8. The summed E-state index contributed by atoms with van der Waals surface area (Å²) in [6.07, 6.45) is 0. The molecule has 0 N–H and O–H groups in total. The molecule has 0 radical (unpaired) electrons. The van der Waals surface area contributed by atoms with Gasteiger partial charge in [0, 0.05) is 16.8 Å². The molecule has 254 valence electrons. The van der Waals surface area contributed by atoms with Gasteiger partial charge in [-0.2, -0.15) is 0 Å². The van der Waals surface area contributed by atoms with E-state index in [0.29, 0.717) is 0 Å². The van der Waals surface area contributed by atoms with E-state index in [1.165, 1.54) is 66.4 Å². The van der Waals surface area contributed by atoms with Crippen LogP contribution in [-0.2, 0) is 5.41 Å². The number of hydrogen-bond donors (Lipinski definition) is 0. The minimum Gasteiger partial charge on any atom is -0.309 e. The molecule has 1 aliphatic rings. The smallest absolute Gasteiger partial charge is 0.0714 e. The van der Waals surface area contributed by atoms with E-state index in [-0.39, 0.29) is 0 Å². The van der Waals surface area contributed by atoms with Crippen LogP contribution in [0.3, 0.4) is 0 Å². The number of anilines is 3. The maximum Gasteiger partial charge on any atom is 0.0714 e. The SMILES string of the molecule is c1ccc(-c2ccc(-c3ccccc3N(c3ccccc3)c3cccc4c3-c3ccccc3C4(c3ccccc3)c3ccccc3)c3ccccc23)cc1. The molecule has 0 atom stereocenters. The molecule has 54 heavy (non-hydrogen) atoms. The largest absolute Gasteiger partial charge is 0.309 e. The van der Waals surface area contributed by atoms with Crippen molar-refractivity contribution in [3.63, 3.8) is 0 Å². The molecular weight excluding hydrogens is 651 g/mol. The van der Waals surface area contributed by atoms with Gasteiger partial charge < -0.3 is 4.90 Å². The average Bonchev–Trinajstić information content (AvgIpc) is 3.57. The fourth-order valence-electron chi connectivity index (χ4n) is 8.94. The number of para-hydroxylation sites is 2. The van der Waals surface area contributed by atoms with Gasteiger partial charge in [0.2, 0.25) is 0 Å². The highest BCUT2D eigenvalue weighted by Gasteiger charge is 2.47. The molecule has 1 nitrogen and oxygen atoms in total. The van der Waals surface area contributed by atoms with Gasteiger partial charge in [-0.05, 0) is 79.5 Å². The summed E-state index contributed by atoms with van der Waals surface area (Å²) in [5.74, 6) is 0. The minimum absolute atomic E-state index is 0.490. The highest BCUT2D eigenvalue weighted by atomic mass is 15.1. The average molecular weight is 688 g/mol. The number of benzene rings is 9. The lowest BCUT2D eigenvalue weighted by molar-refractivity contribution is 0.768. The van der Waals surface area contributed by atoms with E-state index in [0.717, 1.165) is 17.1 Å². The highest BCUT2D eigenvalue weighted by Crippen LogP contribution is 2.59. The van der Waals surface area contributed by atoms with Gasteiger partial charge >= 0.3 is 0 Å². The molecule has 10 rings (SSSR count). The van der Waals surface area contributed by atoms with Gasteiger partial charge in [0.25, 0.3) is 0 Å². The van der Waals surface area contributed by atoms with Crippen LogP contribution in [-0.4, -0.2) is 0 Å². The zero-order valence-corrected chi connectivity index (χ0v) is 29.8. The summed E-state index contributed by atoms with van der Waals surface area (Å²) < 4.78 is 0. The molecule has 0 unspecified atom stereocenters. The molecule has 0 saturated carbocycles. The number of rotatable bonds is 7. The molecule has 9 aromatic rings. The first kappa shape index (κ1) is 31.7. The zero-order chi connectivity index (χ0) is 35.9. The Labute approximate surface area is 317 Å². The minimum atomic E-state index is -0.490. The Bertz CT molecular complexity index is 2710. The van der Waals surface area contributed by atoms with Gasteiger partial charge in [-0.15, -0.1) is 0 Å². The summed E-state index contributed by atoms with van der Waals surface area (Å²) in [5, 5.41) is 2.47. The molecule has 0 spiro atoms. The third-order valence-corrected chi connectivity index (χ3v) is 11.2. The maximum absolute atomic E-state index is 2.48. The quantitative estimate of drug-likeness (QED) is 0.161. The van der Waals surface area contributed by atoms with Crippen LogP contribution >= 0.6 is 0 Å². The third-order valence-electron chi connectivity index (χ3n) is 11.2. The summed E-state index contributed by atoms with van der Waals surface area (Å²) >= 11 is 0. The summed E-state index contributed by atoms with van der Waals surface area (Å²) in [7, 11) is 0. The molecule has 0 heterocycles. The number of nitrogens with zero attached hydrogens (tertiary/aromatic N) is 1. The monoisotopic (exact) mass is 687 g/mol. The predicted octanol–water partition coefficient (Wildman–Crippen LogP) is 14.0. The van der Waals surface area contributed by atoms with Crippen molar-refractivity contribution < 1.29 is 0 Å². The molecule has 9 aromatic carbocycles. The van der Waals surface area contributed by atoms with Gasteiger partial charge in [0.05, 0.1) is 16.8 Å². The Morgan fingerprint density at radius 2 is 0.778 bits per heavy atom. The topological polar surface area (TPSA) is 3.24 Å². The maximum atomic E-state index is 2.48. The van der Waals surface area contributed by atoms with E-state index in [1.54, 1.807) is 0 Å². The Hall–Kier alpha value is -6.96. The molecule has 0 fully saturated rings.